The van der Waals surface area contributed by atoms with E-state index in [1.165, 1.54) is 11.9 Å². The molecule has 0 aliphatic carbocycles. The second-order valence-electron chi connectivity index (χ2n) is 6.20. The number of nitrogens with zero attached hydrogens (tertiary/aromatic N) is 5. The van der Waals surface area contributed by atoms with Crippen LogP contribution in [-0.4, -0.2) is 24.5 Å². The van der Waals surface area contributed by atoms with Crippen LogP contribution in [-0.2, 0) is 13.2 Å². The highest BCUT2D eigenvalue weighted by atomic mass is 32.2. The lowest BCUT2D eigenvalue weighted by Gasteiger charge is -2.10. The minimum Gasteiger partial charge on any atom is -0.324 e. The Morgan fingerprint density at radius 1 is 1.11 bits per heavy atom. The van der Waals surface area contributed by atoms with Crippen LogP contribution in [0.3, 0.4) is 0 Å². The average molecular weight is 404 g/mol. The van der Waals surface area contributed by atoms with Crippen LogP contribution in [0.2, 0.25) is 0 Å². The Morgan fingerprint density at radius 3 is 2.64 bits per heavy atom. The largest absolute Gasteiger partial charge is 0.419 e. The molecule has 0 radical (unpaired) electrons. The second-order valence-corrected chi connectivity index (χ2v) is 7.04. The molecule has 0 bridgehead atoms. The molecule has 0 atom stereocenters. The van der Waals surface area contributed by atoms with Gasteiger partial charge in [0.1, 0.15) is 0 Å². The molecule has 28 heavy (non-hydrogen) atoms. The lowest BCUT2D eigenvalue weighted by Crippen LogP contribution is -2.03. The van der Waals surface area contributed by atoms with Crippen molar-refractivity contribution in [2.75, 3.05) is 4.72 Å². The minimum atomic E-state index is -4.43. The third-order valence-electron chi connectivity index (χ3n) is 4.22. The maximum absolute atomic E-state index is 12.7. The number of pyridine rings is 1. The van der Waals surface area contributed by atoms with Crippen LogP contribution in [0.5, 0.6) is 0 Å². The Balaban J connectivity index is 1.55. The monoisotopic (exact) mass is 404 g/mol. The summed E-state index contributed by atoms with van der Waals surface area (Å²) in [6.45, 7) is 1.87. The third-order valence-corrected chi connectivity index (χ3v) is 5.19. The van der Waals surface area contributed by atoms with E-state index in [9.17, 15) is 13.2 Å². The van der Waals surface area contributed by atoms with Crippen LogP contribution in [0.25, 0.3) is 16.7 Å². The van der Waals surface area contributed by atoms with E-state index in [4.69, 9.17) is 0 Å². The molecule has 0 aliphatic heterocycles. The summed E-state index contributed by atoms with van der Waals surface area (Å²) in [5, 5.41) is 9.04. The first kappa shape index (κ1) is 18.4. The fourth-order valence-corrected chi connectivity index (χ4v) is 3.49. The molecule has 0 spiro atoms. The number of benzene rings is 1. The zero-order chi connectivity index (χ0) is 19.9. The number of anilines is 1. The van der Waals surface area contributed by atoms with Crippen LogP contribution in [0.4, 0.5) is 18.9 Å². The normalized spacial score (nSPS) is 11.9. The molecule has 3 aromatic heterocycles. The first-order chi connectivity index (χ1) is 13.3. The molecule has 0 saturated carbocycles. The second kappa shape index (κ2) is 6.86. The number of aromatic nitrogens is 5. The molecule has 0 aliphatic rings. The minimum absolute atomic E-state index is 0.325. The number of hydrogen-bond donors (Lipinski definition) is 1. The SMILES string of the molecule is Cc1cc(-n2cc(C(F)(F)F)cn2)ncc1SNc1cccc2cnn(C)c12. The summed E-state index contributed by atoms with van der Waals surface area (Å²) in [6, 6.07) is 7.58. The van der Waals surface area contributed by atoms with E-state index in [1.807, 2.05) is 32.2 Å². The van der Waals surface area contributed by atoms with Crippen LogP contribution in [0.15, 0.2) is 53.9 Å². The quantitative estimate of drug-likeness (QED) is 0.504. The predicted molar refractivity (Wildman–Crippen MR) is 101 cm³/mol. The van der Waals surface area contributed by atoms with E-state index in [2.05, 4.69) is 19.9 Å². The summed E-state index contributed by atoms with van der Waals surface area (Å²) in [5.41, 5.74) is 1.95. The molecule has 4 aromatic rings. The zero-order valence-electron chi connectivity index (χ0n) is 14.9. The van der Waals surface area contributed by atoms with E-state index in [0.29, 0.717) is 5.82 Å². The lowest BCUT2D eigenvalue weighted by molar-refractivity contribution is -0.137. The molecule has 0 saturated heterocycles. The molecule has 0 fully saturated rings. The Morgan fingerprint density at radius 2 is 1.93 bits per heavy atom. The van der Waals surface area contributed by atoms with Gasteiger partial charge in [0, 0.05) is 29.7 Å². The number of halogens is 3. The molecule has 10 heteroatoms. The van der Waals surface area contributed by atoms with E-state index in [0.717, 1.165) is 44.1 Å². The number of nitrogens with one attached hydrogen (secondary N) is 1. The summed E-state index contributed by atoms with van der Waals surface area (Å²) in [5.74, 6) is 0.325. The molecule has 0 amide bonds. The van der Waals surface area contributed by atoms with Gasteiger partial charge in [-0.25, -0.2) is 9.67 Å². The Bertz CT molecular complexity index is 1150. The number of hydrogen-bond acceptors (Lipinski definition) is 5. The third kappa shape index (κ3) is 3.42. The smallest absolute Gasteiger partial charge is 0.324 e. The van der Waals surface area contributed by atoms with Gasteiger partial charge in [0.15, 0.2) is 5.82 Å². The highest BCUT2D eigenvalue weighted by Crippen LogP contribution is 2.31. The van der Waals surface area contributed by atoms with Gasteiger partial charge in [0.05, 0.1) is 29.2 Å². The van der Waals surface area contributed by atoms with Crippen molar-refractivity contribution in [2.24, 2.45) is 7.05 Å². The van der Waals surface area contributed by atoms with Gasteiger partial charge < -0.3 is 4.72 Å². The van der Waals surface area contributed by atoms with Crippen molar-refractivity contribution < 1.29 is 13.2 Å². The topological polar surface area (TPSA) is 60.6 Å². The number of alkyl halides is 3. The Hall–Kier alpha value is -3.01. The summed E-state index contributed by atoms with van der Waals surface area (Å²) < 4.78 is 44.5. The van der Waals surface area contributed by atoms with Gasteiger partial charge in [-0.15, -0.1) is 0 Å². The summed E-state index contributed by atoms with van der Waals surface area (Å²) in [7, 11) is 1.87. The fourth-order valence-electron chi connectivity index (χ4n) is 2.78. The zero-order valence-corrected chi connectivity index (χ0v) is 15.7. The van der Waals surface area contributed by atoms with Crippen molar-refractivity contribution >= 4 is 28.5 Å². The first-order valence-corrected chi connectivity index (χ1v) is 9.07. The van der Waals surface area contributed by atoms with Gasteiger partial charge in [-0.05, 0) is 36.6 Å². The number of aryl methyl sites for hydroxylation is 2. The Kier molecular flexibility index (Phi) is 4.50. The van der Waals surface area contributed by atoms with Crippen molar-refractivity contribution in [2.45, 2.75) is 18.0 Å². The van der Waals surface area contributed by atoms with Crippen LogP contribution >= 0.6 is 11.9 Å². The molecular weight excluding hydrogens is 389 g/mol. The van der Waals surface area contributed by atoms with E-state index >= 15 is 0 Å². The average Bonchev–Trinajstić information content (AvgIpc) is 3.28. The molecule has 4 rings (SSSR count). The molecular formula is C18H15F3N6S. The predicted octanol–water partition coefficient (Wildman–Crippen LogP) is 4.60. The van der Waals surface area contributed by atoms with Crippen molar-refractivity contribution in [1.29, 1.82) is 0 Å². The maximum atomic E-state index is 12.7. The van der Waals surface area contributed by atoms with Gasteiger partial charge in [0.2, 0.25) is 0 Å². The van der Waals surface area contributed by atoms with Gasteiger partial charge in [-0.1, -0.05) is 12.1 Å². The molecule has 0 unspecified atom stereocenters. The van der Waals surface area contributed by atoms with Gasteiger partial charge in [0.25, 0.3) is 0 Å². The Labute approximate surface area is 162 Å². The van der Waals surface area contributed by atoms with Gasteiger partial charge in [-0.3, -0.25) is 4.68 Å². The summed E-state index contributed by atoms with van der Waals surface area (Å²) in [4.78, 5) is 5.09. The number of para-hydroxylation sites is 1. The van der Waals surface area contributed by atoms with Crippen molar-refractivity contribution in [3.63, 3.8) is 0 Å². The van der Waals surface area contributed by atoms with Crippen LogP contribution < -0.4 is 4.72 Å². The standard InChI is InChI=1S/C18H15F3N6S/c1-11-6-16(27-10-13(8-24-27)18(19,20)21)22-9-15(11)28-25-14-5-3-4-12-7-23-26(2)17(12)14/h3-10,25H,1-2H3. The molecule has 144 valence electrons. The van der Waals surface area contributed by atoms with Gasteiger partial charge >= 0.3 is 6.18 Å². The lowest BCUT2D eigenvalue weighted by atomic mass is 10.2. The summed E-state index contributed by atoms with van der Waals surface area (Å²) >= 11 is 1.38. The molecule has 1 N–H and O–H groups in total. The number of fused-ring (bicyclic) bond motifs is 1. The van der Waals surface area contributed by atoms with Crippen molar-refractivity contribution in [1.82, 2.24) is 24.5 Å². The van der Waals surface area contributed by atoms with Crippen molar-refractivity contribution in [3.05, 3.63) is 60.2 Å². The van der Waals surface area contributed by atoms with Crippen LogP contribution in [0.1, 0.15) is 11.1 Å². The molecule has 1 aromatic carbocycles. The van der Waals surface area contributed by atoms with Crippen LogP contribution in [0, 0.1) is 6.92 Å². The van der Waals surface area contributed by atoms with Crippen molar-refractivity contribution in [3.8, 4) is 5.82 Å². The van der Waals surface area contributed by atoms with E-state index in [-0.39, 0.29) is 0 Å². The fraction of sp³-hybridized carbons (Fsp3) is 0.167. The first-order valence-electron chi connectivity index (χ1n) is 8.25. The maximum Gasteiger partial charge on any atom is 0.419 e. The highest BCUT2D eigenvalue weighted by molar-refractivity contribution is 8.00. The van der Waals surface area contributed by atoms with E-state index < -0.39 is 11.7 Å². The summed E-state index contributed by atoms with van der Waals surface area (Å²) in [6.07, 6.45) is 0.693. The van der Waals surface area contributed by atoms with Gasteiger partial charge in [-0.2, -0.15) is 23.4 Å². The van der Waals surface area contributed by atoms with E-state index in [1.54, 1.807) is 23.1 Å². The number of rotatable bonds is 4. The highest BCUT2D eigenvalue weighted by Gasteiger charge is 2.32. The molecule has 6 nitrogen and oxygen atoms in total. The molecule has 3 heterocycles.